The SMILES string of the molecule is CN(C(=O)c1ccccc1[N+](=O)[O-])N(C(=O)c1ccccc1[N+](=O)[O-])C(C)(C)C. The van der Waals surface area contributed by atoms with Crippen molar-refractivity contribution in [3.05, 3.63) is 79.9 Å². The molecule has 0 aromatic heterocycles. The maximum Gasteiger partial charge on any atom is 0.282 e. The number of amides is 2. The van der Waals surface area contributed by atoms with Gasteiger partial charge in [0.25, 0.3) is 23.2 Å². The van der Waals surface area contributed by atoms with Gasteiger partial charge in [-0.3, -0.25) is 29.8 Å². The van der Waals surface area contributed by atoms with Crippen LogP contribution < -0.4 is 0 Å². The predicted octanol–water partition coefficient (Wildman–Crippen LogP) is 3.43. The number of benzene rings is 2. The first-order valence-electron chi connectivity index (χ1n) is 8.56. The molecule has 0 heterocycles. The highest BCUT2D eigenvalue weighted by molar-refractivity contribution is 6.02. The number of rotatable bonds is 4. The lowest BCUT2D eigenvalue weighted by Gasteiger charge is -2.41. The fourth-order valence-corrected chi connectivity index (χ4v) is 2.90. The molecule has 29 heavy (non-hydrogen) atoms. The van der Waals surface area contributed by atoms with Gasteiger partial charge in [0.2, 0.25) is 0 Å². The normalized spacial score (nSPS) is 10.9. The van der Waals surface area contributed by atoms with Gasteiger partial charge >= 0.3 is 0 Å². The summed E-state index contributed by atoms with van der Waals surface area (Å²) in [6, 6.07) is 10.8. The highest BCUT2D eigenvalue weighted by Crippen LogP contribution is 2.27. The van der Waals surface area contributed by atoms with Crippen LogP contribution in [0, 0.1) is 20.2 Å². The van der Waals surface area contributed by atoms with E-state index in [9.17, 15) is 29.8 Å². The summed E-state index contributed by atoms with van der Waals surface area (Å²) < 4.78 is 0. The lowest BCUT2D eigenvalue weighted by atomic mass is 10.0. The summed E-state index contributed by atoms with van der Waals surface area (Å²) in [5, 5.41) is 24.6. The fraction of sp³-hybridized carbons (Fsp3) is 0.263. The highest BCUT2D eigenvalue weighted by Gasteiger charge is 2.37. The van der Waals surface area contributed by atoms with Crippen molar-refractivity contribution in [3.8, 4) is 0 Å². The molecule has 2 aromatic rings. The van der Waals surface area contributed by atoms with E-state index >= 15 is 0 Å². The Labute approximate surface area is 166 Å². The van der Waals surface area contributed by atoms with Gasteiger partial charge in [0, 0.05) is 19.2 Å². The molecule has 2 aromatic carbocycles. The second-order valence-electron chi connectivity index (χ2n) is 7.17. The molecule has 0 saturated heterocycles. The number of hydrogen-bond donors (Lipinski definition) is 0. The maximum atomic E-state index is 13.2. The van der Waals surface area contributed by atoms with Gasteiger partial charge in [-0.2, -0.15) is 0 Å². The van der Waals surface area contributed by atoms with Gasteiger partial charge < -0.3 is 0 Å². The number of hydrogen-bond acceptors (Lipinski definition) is 6. The molecule has 0 bridgehead atoms. The van der Waals surface area contributed by atoms with Gasteiger partial charge in [-0.1, -0.05) is 24.3 Å². The van der Waals surface area contributed by atoms with E-state index in [0.717, 1.165) is 10.0 Å². The summed E-state index contributed by atoms with van der Waals surface area (Å²) in [5.41, 5.74) is -2.18. The molecule has 0 unspecified atom stereocenters. The molecule has 10 nitrogen and oxygen atoms in total. The minimum absolute atomic E-state index is 0.199. The minimum atomic E-state index is -0.964. The quantitative estimate of drug-likeness (QED) is 0.571. The van der Waals surface area contributed by atoms with Crippen LogP contribution in [0.4, 0.5) is 11.4 Å². The van der Waals surface area contributed by atoms with Gasteiger partial charge in [0.1, 0.15) is 11.1 Å². The highest BCUT2D eigenvalue weighted by atomic mass is 16.6. The number of carbonyl (C=O) groups is 2. The molecule has 152 valence electrons. The van der Waals surface area contributed by atoms with Crippen molar-refractivity contribution in [1.29, 1.82) is 0 Å². The van der Waals surface area contributed by atoms with Crippen molar-refractivity contribution in [2.24, 2.45) is 0 Å². The van der Waals surface area contributed by atoms with Crippen LogP contribution >= 0.6 is 0 Å². The Morgan fingerprint density at radius 1 is 0.793 bits per heavy atom. The van der Waals surface area contributed by atoms with Crippen LogP contribution in [0.3, 0.4) is 0 Å². The third kappa shape index (κ3) is 4.37. The van der Waals surface area contributed by atoms with Crippen LogP contribution in [0.5, 0.6) is 0 Å². The van der Waals surface area contributed by atoms with Crippen LogP contribution in [0.15, 0.2) is 48.5 Å². The fourth-order valence-electron chi connectivity index (χ4n) is 2.90. The van der Waals surface area contributed by atoms with E-state index in [1.165, 1.54) is 55.6 Å². The molecule has 0 saturated carbocycles. The van der Waals surface area contributed by atoms with Crippen LogP contribution in [0.1, 0.15) is 41.5 Å². The summed E-state index contributed by atoms with van der Waals surface area (Å²) in [6.07, 6.45) is 0. The largest absolute Gasteiger partial charge is 0.282 e. The first-order chi connectivity index (χ1) is 13.5. The summed E-state index contributed by atoms with van der Waals surface area (Å²) in [7, 11) is 1.29. The Bertz CT molecular complexity index is 983. The van der Waals surface area contributed by atoms with Gasteiger partial charge in [0.15, 0.2) is 0 Å². The summed E-state index contributed by atoms with van der Waals surface area (Å²) >= 11 is 0. The molecule has 2 rings (SSSR count). The summed E-state index contributed by atoms with van der Waals surface area (Å²) in [4.78, 5) is 47.4. The average Bonchev–Trinajstić information content (AvgIpc) is 2.66. The van der Waals surface area contributed by atoms with E-state index in [2.05, 4.69) is 0 Å². The van der Waals surface area contributed by atoms with Gasteiger partial charge in [-0.15, -0.1) is 0 Å². The van der Waals surface area contributed by atoms with Gasteiger partial charge in [-0.25, -0.2) is 10.0 Å². The van der Waals surface area contributed by atoms with E-state index in [0.29, 0.717) is 0 Å². The number of nitrogens with zero attached hydrogens (tertiary/aromatic N) is 4. The number of hydrazine groups is 1. The van der Waals surface area contributed by atoms with Crippen molar-refractivity contribution in [2.75, 3.05) is 7.05 Å². The minimum Gasteiger partial charge on any atom is -0.267 e. The third-order valence-electron chi connectivity index (χ3n) is 4.08. The van der Waals surface area contributed by atoms with E-state index in [1.807, 2.05) is 0 Å². The molecule has 2 amide bonds. The molecular formula is C19H20N4O6. The number of nitro benzene ring substituents is 2. The molecule has 0 aliphatic carbocycles. The van der Waals surface area contributed by atoms with Crippen molar-refractivity contribution < 1.29 is 19.4 Å². The molecule has 0 atom stereocenters. The van der Waals surface area contributed by atoms with E-state index < -0.39 is 38.6 Å². The van der Waals surface area contributed by atoms with Crippen molar-refractivity contribution in [2.45, 2.75) is 26.3 Å². The first kappa shape index (κ1) is 21.5. The zero-order chi connectivity index (χ0) is 21.9. The van der Waals surface area contributed by atoms with Crippen LogP contribution in [0.2, 0.25) is 0 Å². The standard InChI is InChI=1S/C19H20N4O6/c1-19(2,3)21(18(25)14-10-6-8-12-16(14)23(28)29)20(4)17(24)13-9-5-7-11-15(13)22(26)27/h5-12H,1-4H3. The number of nitro groups is 2. The smallest absolute Gasteiger partial charge is 0.267 e. The summed E-state index contributed by atoms with van der Waals surface area (Å²) in [6.45, 7) is 4.93. The topological polar surface area (TPSA) is 127 Å². The zero-order valence-electron chi connectivity index (χ0n) is 16.4. The van der Waals surface area contributed by atoms with Crippen LogP contribution in [-0.4, -0.2) is 44.3 Å². The van der Waals surface area contributed by atoms with Crippen molar-refractivity contribution in [1.82, 2.24) is 10.0 Å². The monoisotopic (exact) mass is 400 g/mol. The Balaban J connectivity index is 2.55. The lowest BCUT2D eigenvalue weighted by molar-refractivity contribution is -0.385. The molecule has 0 spiro atoms. The Morgan fingerprint density at radius 2 is 1.17 bits per heavy atom. The number of para-hydroxylation sites is 2. The molecule has 0 aliphatic rings. The van der Waals surface area contributed by atoms with Gasteiger partial charge in [-0.05, 0) is 32.9 Å². The molecule has 10 heteroatoms. The predicted molar refractivity (Wildman–Crippen MR) is 104 cm³/mol. The average molecular weight is 400 g/mol. The maximum absolute atomic E-state index is 13.2. The first-order valence-corrected chi connectivity index (χ1v) is 8.56. The third-order valence-corrected chi connectivity index (χ3v) is 4.08. The second-order valence-corrected chi connectivity index (χ2v) is 7.17. The van der Waals surface area contributed by atoms with Crippen molar-refractivity contribution in [3.63, 3.8) is 0 Å². The molecule has 0 N–H and O–H groups in total. The second kappa shape index (κ2) is 8.05. The Morgan fingerprint density at radius 3 is 1.55 bits per heavy atom. The van der Waals surface area contributed by atoms with E-state index in [1.54, 1.807) is 20.8 Å². The number of carbonyl (C=O) groups excluding carboxylic acids is 2. The van der Waals surface area contributed by atoms with E-state index in [4.69, 9.17) is 0 Å². The molecule has 0 fully saturated rings. The molecular weight excluding hydrogens is 380 g/mol. The molecule has 0 aliphatic heterocycles. The zero-order valence-corrected chi connectivity index (χ0v) is 16.4. The van der Waals surface area contributed by atoms with Gasteiger partial charge in [0.05, 0.1) is 15.4 Å². The van der Waals surface area contributed by atoms with Crippen LogP contribution in [-0.2, 0) is 0 Å². The summed E-state index contributed by atoms with van der Waals surface area (Å²) in [5.74, 6) is -1.57. The van der Waals surface area contributed by atoms with Crippen LogP contribution in [0.25, 0.3) is 0 Å². The molecule has 0 radical (unpaired) electrons. The Hall–Kier alpha value is -3.82. The lowest BCUT2D eigenvalue weighted by Crippen LogP contribution is -2.56. The van der Waals surface area contributed by atoms with Crippen molar-refractivity contribution >= 4 is 23.2 Å². The Kier molecular flexibility index (Phi) is 5.96. The van der Waals surface area contributed by atoms with E-state index in [-0.39, 0.29) is 11.1 Å².